The summed E-state index contributed by atoms with van der Waals surface area (Å²) in [5.41, 5.74) is 3.54. The molecule has 0 spiro atoms. The molecule has 3 heterocycles. The fourth-order valence-electron chi connectivity index (χ4n) is 4.79. The Morgan fingerprint density at radius 1 is 1.14 bits per heavy atom. The van der Waals surface area contributed by atoms with E-state index < -0.39 is 5.82 Å². The summed E-state index contributed by atoms with van der Waals surface area (Å²) in [4.78, 5) is 23.7. The number of rotatable bonds is 5. The van der Waals surface area contributed by atoms with E-state index in [1.807, 2.05) is 36.4 Å². The largest absolute Gasteiger partial charge is 0.494 e. The summed E-state index contributed by atoms with van der Waals surface area (Å²) in [5.74, 6) is 6.36. The number of piperidine rings is 1. The van der Waals surface area contributed by atoms with Gasteiger partial charge in [-0.05, 0) is 69.0 Å². The number of hydrogen-bond acceptors (Lipinski definition) is 5. The summed E-state index contributed by atoms with van der Waals surface area (Å²) >= 11 is 0. The Morgan fingerprint density at radius 3 is 2.68 bits per heavy atom. The van der Waals surface area contributed by atoms with Crippen LogP contribution < -0.4 is 9.47 Å². The van der Waals surface area contributed by atoms with Crippen LogP contribution in [0.15, 0.2) is 54.9 Å². The van der Waals surface area contributed by atoms with E-state index in [0.717, 1.165) is 41.1 Å². The van der Waals surface area contributed by atoms with Crippen LogP contribution in [-0.4, -0.2) is 45.4 Å². The molecular formula is C29H27FN4O3. The van der Waals surface area contributed by atoms with Gasteiger partial charge >= 0.3 is 0 Å². The molecule has 2 aromatic heterocycles. The van der Waals surface area contributed by atoms with Gasteiger partial charge in [-0.2, -0.15) is 4.39 Å². The van der Waals surface area contributed by atoms with Gasteiger partial charge in [0.15, 0.2) is 11.5 Å². The van der Waals surface area contributed by atoms with E-state index in [4.69, 9.17) is 14.5 Å². The first kappa shape index (κ1) is 24.3. The Bertz CT molecular complexity index is 1520. The Kier molecular flexibility index (Phi) is 6.78. The van der Waals surface area contributed by atoms with Crippen molar-refractivity contribution < 1.29 is 18.7 Å². The average molecular weight is 499 g/mol. The highest BCUT2D eigenvalue weighted by Gasteiger charge is 2.28. The number of benzene rings is 2. The van der Waals surface area contributed by atoms with Crippen molar-refractivity contribution in [2.24, 2.45) is 0 Å². The van der Waals surface area contributed by atoms with E-state index in [9.17, 15) is 9.18 Å². The fourth-order valence-corrected chi connectivity index (χ4v) is 4.79. The fraction of sp³-hybridized carbons (Fsp3) is 0.276. The number of amides is 1. The van der Waals surface area contributed by atoms with Crippen LogP contribution in [0.25, 0.3) is 16.8 Å². The first-order chi connectivity index (χ1) is 18.0. The normalized spacial score (nSPS) is 15.2. The van der Waals surface area contributed by atoms with Crippen LogP contribution in [0.2, 0.25) is 0 Å². The van der Waals surface area contributed by atoms with Crippen molar-refractivity contribution in [3.63, 3.8) is 0 Å². The number of carbonyl (C=O) groups excluding carboxylic acids is 1. The molecule has 0 N–H and O–H groups in total. The summed E-state index contributed by atoms with van der Waals surface area (Å²) in [6, 6.07) is 12.1. The SMILES string of the molecule is CC#CC(=O)N1CCCC(c2nc(-c3ccc(Oc4cccc(OC)c4F)cc3)c3cncc(C)n23)C1. The van der Waals surface area contributed by atoms with Gasteiger partial charge < -0.3 is 14.4 Å². The Morgan fingerprint density at radius 2 is 1.92 bits per heavy atom. The number of hydrogen-bond donors (Lipinski definition) is 0. The van der Waals surface area contributed by atoms with Crippen LogP contribution >= 0.6 is 0 Å². The molecule has 8 heteroatoms. The molecule has 0 radical (unpaired) electrons. The molecular weight excluding hydrogens is 471 g/mol. The molecule has 188 valence electrons. The monoisotopic (exact) mass is 498 g/mol. The summed E-state index contributed by atoms with van der Waals surface area (Å²) in [7, 11) is 1.42. The maximum Gasteiger partial charge on any atom is 0.298 e. The highest BCUT2D eigenvalue weighted by molar-refractivity contribution is 5.93. The number of aryl methyl sites for hydroxylation is 1. The number of fused-ring (bicyclic) bond motifs is 1. The molecule has 1 aliphatic rings. The molecule has 1 unspecified atom stereocenters. The molecule has 2 aromatic carbocycles. The van der Waals surface area contributed by atoms with Crippen LogP contribution in [0.1, 0.15) is 37.2 Å². The molecule has 0 saturated carbocycles. The number of methoxy groups -OCH3 is 1. The number of imidazole rings is 1. The van der Waals surface area contributed by atoms with Gasteiger partial charge in [0, 0.05) is 36.5 Å². The van der Waals surface area contributed by atoms with Crippen molar-refractivity contribution in [2.45, 2.75) is 32.6 Å². The van der Waals surface area contributed by atoms with Gasteiger partial charge in [0.2, 0.25) is 5.82 Å². The second kappa shape index (κ2) is 10.3. The smallest absolute Gasteiger partial charge is 0.298 e. The first-order valence-electron chi connectivity index (χ1n) is 12.2. The van der Waals surface area contributed by atoms with Gasteiger partial charge in [0.05, 0.1) is 24.5 Å². The molecule has 0 aliphatic carbocycles. The zero-order valence-electron chi connectivity index (χ0n) is 21.0. The minimum Gasteiger partial charge on any atom is -0.494 e. The Hall–Kier alpha value is -4.38. The van der Waals surface area contributed by atoms with Gasteiger partial charge in [-0.3, -0.25) is 14.2 Å². The molecule has 1 atom stereocenters. The highest BCUT2D eigenvalue weighted by atomic mass is 19.1. The lowest BCUT2D eigenvalue weighted by molar-refractivity contribution is -0.126. The van der Waals surface area contributed by atoms with E-state index in [-0.39, 0.29) is 23.3 Å². The zero-order valence-corrected chi connectivity index (χ0v) is 21.0. The van der Waals surface area contributed by atoms with Crippen LogP contribution in [-0.2, 0) is 4.79 Å². The van der Waals surface area contributed by atoms with E-state index in [2.05, 4.69) is 21.2 Å². The molecule has 1 saturated heterocycles. The third-order valence-corrected chi connectivity index (χ3v) is 6.56. The second-order valence-corrected chi connectivity index (χ2v) is 8.95. The standard InChI is InChI=1S/C29H27FN4O3/c1-4-7-26(35)33-15-6-8-21(18-33)29-32-28(23-17-31-16-19(2)34(23)29)20-11-13-22(14-12-20)37-25-10-5-9-24(36-3)27(25)30/h5,9-14,16-17,21H,6,8,15,18H2,1-3H3. The predicted octanol–water partition coefficient (Wildman–Crippen LogP) is 5.37. The summed E-state index contributed by atoms with van der Waals surface area (Å²) < 4.78 is 27.4. The number of likely N-dealkylation sites (tertiary alicyclic amines) is 1. The van der Waals surface area contributed by atoms with Crippen LogP contribution in [0.5, 0.6) is 17.2 Å². The lowest BCUT2D eigenvalue weighted by atomic mass is 9.97. The predicted molar refractivity (Wildman–Crippen MR) is 138 cm³/mol. The summed E-state index contributed by atoms with van der Waals surface area (Å²) in [5, 5.41) is 0. The van der Waals surface area contributed by atoms with Crippen LogP contribution in [0.3, 0.4) is 0 Å². The maximum atomic E-state index is 14.5. The number of halogens is 1. The van der Waals surface area contributed by atoms with Crippen LogP contribution in [0.4, 0.5) is 4.39 Å². The molecule has 4 aromatic rings. The van der Waals surface area contributed by atoms with E-state index >= 15 is 0 Å². The van der Waals surface area contributed by atoms with Crippen LogP contribution in [0, 0.1) is 24.6 Å². The molecule has 37 heavy (non-hydrogen) atoms. The first-order valence-corrected chi connectivity index (χ1v) is 12.2. The molecule has 1 amide bonds. The lowest BCUT2D eigenvalue weighted by Crippen LogP contribution is -2.39. The Labute approximate surface area is 214 Å². The van der Waals surface area contributed by atoms with E-state index in [1.165, 1.54) is 7.11 Å². The second-order valence-electron chi connectivity index (χ2n) is 8.95. The number of ether oxygens (including phenoxy) is 2. The van der Waals surface area contributed by atoms with Crippen molar-refractivity contribution in [1.82, 2.24) is 19.3 Å². The number of carbonyl (C=O) groups is 1. The van der Waals surface area contributed by atoms with Gasteiger partial charge in [0.1, 0.15) is 11.6 Å². The van der Waals surface area contributed by atoms with Crippen molar-refractivity contribution in [2.75, 3.05) is 20.2 Å². The summed E-state index contributed by atoms with van der Waals surface area (Å²) in [6.45, 7) is 4.96. The molecule has 1 aliphatic heterocycles. The lowest BCUT2D eigenvalue weighted by Gasteiger charge is -2.31. The Balaban J connectivity index is 1.47. The maximum absolute atomic E-state index is 14.5. The minimum atomic E-state index is -0.551. The molecule has 7 nitrogen and oxygen atoms in total. The average Bonchev–Trinajstić information content (AvgIpc) is 3.32. The van der Waals surface area contributed by atoms with Crippen molar-refractivity contribution in [3.8, 4) is 40.3 Å². The van der Waals surface area contributed by atoms with Gasteiger partial charge in [0.25, 0.3) is 5.91 Å². The molecule has 1 fully saturated rings. The van der Waals surface area contributed by atoms with Gasteiger partial charge in [-0.15, -0.1) is 0 Å². The minimum absolute atomic E-state index is 0.0809. The van der Waals surface area contributed by atoms with Crippen molar-refractivity contribution in [1.29, 1.82) is 0 Å². The quantitative estimate of drug-likeness (QED) is 0.346. The van der Waals surface area contributed by atoms with Gasteiger partial charge in [-0.1, -0.05) is 12.0 Å². The molecule has 0 bridgehead atoms. The number of nitrogens with zero attached hydrogens (tertiary/aromatic N) is 4. The van der Waals surface area contributed by atoms with E-state index in [0.29, 0.717) is 18.8 Å². The van der Waals surface area contributed by atoms with Crippen molar-refractivity contribution >= 4 is 11.4 Å². The summed E-state index contributed by atoms with van der Waals surface area (Å²) in [6.07, 6.45) is 5.45. The third kappa shape index (κ3) is 4.73. The molecule has 5 rings (SSSR count). The van der Waals surface area contributed by atoms with E-state index in [1.54, 1.807) is 37.3 Å². The number of aromatic nitrogens is 3. The third-order valence-electron chi connectivity index (χ3n) is 6.56. The highest BCUT2D eigenvalue weighted by Crippen LogP contribution is 2.35. The van der Waals surface area contributed by atoms with Crippen molar-refractivity contribution in [3.05, 3.63) is 72.2 Å². The van der Waals surface area contributed by atoms with Gasteiger partial charge in [-0.25, -0.2) is 4.98 Å². The topological polar surface area (TPSA) is 69.0 Å². The zero-order chi connectivity index (χ0) is 25.9.